The normalized spacial score (nSPS) is 16.8. The number of amides is 1. The van der Waals surface area contributed by atoms with Crippen molar-refractivity contribution in [1.82, 2.24) is 4.98 Å². The van der Waals surface area contributed by atoms with E-state index in [4.69, 9.17) is 9.47 Å². The highest BCUT2D eigenvalue weighted by Gasteiger charge is 2.48. The van der Waals surface area contributed by atoms with Gasteiger partial charge in [-0.3, -0.25) is 14.5 Å². The van der Waals surface area contributed by atoms with Crippen LogP contribution in [0.1, 0.15) is 31.0 Å². The number of fused-ring (bicyclic) bond motifs is 1. The fraction of sp³-hybridized carbons (Fsp3) is 0.179. The highest BCUT2D eigenvalue weighted by Crippen LogP contribution is 2.46. The molecule has 0 spiro atoms. The molecule has 194 valence electrons. The molecule has 0 bridgehead atoms. The smallest absolute Gasteiger partial charge is 0.301 e. The molecule has 4 aromatic rings. The predicted molar refractivity (Wildman–Crippen MR) is 141 cm³/mol. The molecule has 1 amide bonds. The van der Waals surface area contributed by atoms with E-state index in [9.17, 15) is 24.2 Å². The quantitative estimate of drug-likeness (QED) is 0.181. The van der Waals surface area contributed by atoms with Gasteiger partial charge in [0.2, 0.25) is 0 Å². The summed E-state index contributed by atoms with van der Waals surface area (Å²) in [6, 6.07) is 14.0. The number of Topliss-reactive ketones (excluding diaryl/α,β-unsaturated/α-hetero) is 1. The van der Waals surface area contributed by atoms with E-state index in [1.54, 1.807) is 31.2 Å². The molecule has 5 rings (SSSR count). The van der Waals surface area contributed by atoms with Crippen molar-refractivity contribution in [3.63, 3.8) is 0 Å². The number of aromatic hydroxyl groups is 1. The Labute approximate surface area is 221 Å². The standard InChI is InChI=1S/C28H23FN2O6S/c1-3-36-18-7-5-6-16(12-18)25(33)23-24(15-8-11-20(32)21(13-15)37-4-2)31(27(35)26(23)34)28-30-19-10-9-17(29)14-22(19)38-28/h5-14,24,32-33H,3-4H2,1-2H3. The fourth-order valence-corrected chi connectivity index (χ4v) is 5.38. The molecule has 0 radical (unpaired) electrons. The first-order chi connectivity index (χ1) is 18.3. The monoisotopic (exact) mass is 534 g/mol. The number of rotatable bonds is 7. The molecule has 2 heterocycles. The number of phenolic OH excluding ortho intramolecular Hbond substituents is 1. The molecule has 1 aliphatic rings. The van der Waals surface area contributed by atoms with Crippen molar-refractivity contribution in [2.45, 2.75) is 19.9 Å². The van der Waals surface area contributed by atoms with Crippen LogP contribution in [0.2, 0.25) is 0 Å². The number of carbonyl (C=O) groups is 2. The highest BCUT2D eigenvalue weighted by atomic mass is 32.1. The van der Waals surface area contributed by atoms with Gasteiger partial charge in [0, 0.05) is 5.56 Å². The second-order valence-corrected chi connectivity index (χ2v) is 9.41. The molecule has 1 fully saturated rings. The van der Waals surface area contributed by atoms with Crippen LogP contribution in [-0.2, 0) is 9.59 Å². The van der Waals surface area contributed by atoms with E-state index < -0.39 is 29.3 Å². The third-order valence-electron chi connectivity index (χ3n) is 6.01. The van der Waals surface area contributed by atoms with E-state index >= 15 is 0 Å². The Morgan fingerprint density at radius 2 is 1.84 bits per heavy atom. The Hall–Kier alpha value is -4.44. The van der Waals surface area contributed by atoms with Crippen LogP contribution in [0.5, 0.6) is 17.2 Å². The highest BCUT2D eigenvalue weighted by molar-refractivity contribution is 7.22. The number of thiazole rings is 1. The van der Waals surface area contributed by atoms with Crippen molar-refractivity contribution in [2.75, 3.05) is 18.1 Å². The summed E-state index contributed by atoms with van der Waals surface area (Å²) in [6.45, 7) is 4.25. The molecule has 8 nitrogen and oxygen atoms in total. The number of hydrogen-bond donors (Lipinski definition) is 2. The average molecular weight is 535 g/mol. The second kappa shape index (κ2) is 10.1. The van der Waals surface area contributed by atoms with Gasteiger partial charge in [-0.1, -0.05) is 29.5 Å². The fourth-order valence-electron chi connectivity index (χ4n) is 4.36. The Morgan fingerprint density at radius 1 is 1.05 bits per heavy atom. The first kappa shape index (κ1) is 25.2. The van der Waals surface area contributed by atoms with E-state index in [0.29, 0.717) is 28.1 Å². The number of ether oxygens (including phenoxy) is 2. The summed E-state index contributed by atoms with van der Waals surface area (Å²) in [5.74, 6) is -2.14. The van der Waals surface area contributed by atoms with Gasteiger partial charge in [0.05, 0.1) is 35.0 Å². The second-order valence-electron chi connectivity index (χ2n) is 8.40. The van der Waals surface area contributed by atoms with Gasteiger partial charge in [-0.2, -0.15) is 0 Å². The lowest BCUT2D eigenvalue weighted by Crippen LogP contribution is -2.29. The molecule has 1 atom stereocenters. The number of aliphatic hydroxyl groups is 1. The third-order valence-corrected chi connectivity index (χ3v) is 7.03. The van der Waals surface area contributed by atoms with Gasteiger partial charge >= 0.3 is 5.91 Å². The molecule has 38 heavy (non-hydrogen) atoms. The summed E-state index contributed by atoms with van der Waals surface area (Å²) in [7, 11) is 0. The molecular formula is C28H23FN2O6S. The molecular weight excluding hydrogens is 511 g/mol. The van der Waals surface area contributed by atoms with Crippen LogP contribution >= 0.6 is 11.3 Å². The number of phenols is 1. The molecule has 1 aromatic heterocycles. The summed E-state index contributed by atoms with van der Waals surface area (Å²) in [4.78, 5) is 32.5. The Bertz CT molecular complexity index is 1600. The Kier molecular flexibility index (Phi) is 6.73. The third kappa shape index (κ3) is 4.43. The van der Waals surface area contributed by atoms with Crippen LogP contribution < -0.4 is 14.4 Å². The largest absolute Gasteiger partial charge is 0.507 e. The number of carbonyl (C=O) groups excluding carboxylic acids is 2. The van der Waals surface area contributed by atoms with Gasteiger partial charge in [0.25, 0.3) is 5.78 Å². The van der Waals surface area contributed by atoms with Gasteiger partial charge in [-0.15, -0.1) is 0 Å². The lowest BCUT2D eigenvalue weighted by atomic mass is 9.95. The van der Waals surface area contributed by atoms with E-state index in [1.165, 1.54) is 41.3 Å². The van der Waals surface area contributed by atoms with Crippen molar-refractivity contribution in [2.24, 2.45) is 0 Å². The number of aromatic nitrogens is 1. The summed E-state index contributed by atoms with van der Waals surface area (Å²) in [6.07, 6.45) is 0. The van der Waals surface area contributed by atoms with Gasteiger partial charge in [0.1, 0.15) is 17.3 Å². The zero-order chi connectivity index (χ0) is 27.0. The Balaban J connectivity index is 1.73. The van der Waals surface area contributed by atoms with Crippen molar-refractivity contribution < 1.29 is 33.7 Å². The predicted octanol–water partition coefficient (Wildman–Crippen LogP) is 5.56. The van der Waals surface area contributed by atoms with Crippen LogP contribution in [-0.4, -0.2) is 40.1 Å². The maximum Gasteiger partial charge on any atom is 0.301 e. The van der Waals surface area contributed by atoms with Crippen molar-refractivity contribution in [3.8, 4) is 17.2 Å². The van der Waals surface area contributed by atoms with E-state index in [0.717, 1.165) is 11.3 Å². The Morgan fingerprint density at radius 3 is 2.61 bits per heavy atom. The first-order valence-electron chi connectivity index (χ1n) is 11.9. The van der Waals surface area contributed by atoms with E-state index in [2.05, 4.69) is 4.98 Å². The van der Waals surface area contributed by atoms with Gasteiger partial charge in [0.15, 0.2) is 16.6 Å². The molecule has 1 aliphatic heterocycles. The summed E-state index contributed by atoms with van der Waals surface area (Å²) < 4.78 is 25.4. The van der Waals surface area contributed by atoms with Crippen LogP contribution in [0.3, 0.4) is 0 Å². The maximum atomic E-state index is 13.9. The minimum absolute atomic E-state index is 0.118. The molecule has 1 saturated heterocycles. The summed E-state index contributed by atoms with van der Waals surface area (Å²) in [5.41, 5.74) is 0.979. The molecule has 0 saturated carbocycles. The zero-order valence-electron chi connectivity index (χ0n) is 20.5. The minimum atomic E-state index is -1.10. The number of nitrogens with zero attached hydrogens (tertiary/aromatic N) is 2. The zero-order valence-corrected chi connectivity index (χ0v) is 21.3. The average Bonchev–Trinajstić information content (AvgIpc) is 3.43. The van der Waals surface area contributed by atoms with Gasteiger partial charge < -0.3 is 19.7 Å². The molecule has 3 aromatic carbocycles. The van der Waals surface area contributed by atoms with Crippen molar-refractivity contribution in [1.29, 1.82) is 0 Å². The molecule has 1 unspecified atom stereocenters. The lowest BCUT2D eigenvalue weighted by molar-refractivity contribution is -0.132. The number of aliphatic hydroxyl groups excluding tert-OH is 1. The van der Waals surface area contributed by atoms with Crippen LogP contribution in [0.25, 0.3) is 16.0 Å². The van der Waals surface area contributed by atoms with Gasteiger partial charge in [-0.25, -0.2) is 9.37 Å². The molecule has 0 aliphatic carbocycles. The first-order valence-corrected chi connectivity index (χ1v) is 12.7. The van der Waals surface area contributed by atoms with Crippen LogP contribution in [0.15, 0.2) is 66.2 Å². The topological polar surface area (TPSA) is 109 Å². The SMILES string of the molecule is CCOc1cccc(C(O)=C2C(=O)C(=O)N(c3nc4ccc(F)cc4s3)C2c2ccc(O)c(OCC)c2)c1. The van der Waals surface area contributed by atoms with Crippen LogP contribution in [0.4, 0.5) is 9.52 Å². The number of ketones is 1. The van der Waals surface area contributed by atoms with E-state index in [-0.39, 0.29) is 34.4 Å². The number of anilines is 1. The van der Waals surface area contributed by atoms with Crippen molar-refractivity contribution >= 4 is 44.1 Å². The van der Waals surface area contributed by atoms with Crippen molar-refractivity contribution in [3.05, 3.63) is 83.2 Å². The summed E-state index contributed by atoms with van der Waals surface area (Å²) in [5, 5.41) is 21.8. The van der Waals surface area contributed by atoms with Crippen LogP contribution in [0, 0.1) is 5.82 Å². The number of hydrogen-bond acceptors (Lipinski definition) is 8. The summed E-state index contributed by atoms with van der Waals surface area (Å²) >= 11 is 1.05. The molecule has 10 heteroatoms. The maximum absolute atomic E-state index is 13.9. The number of benzene rings is 3. The van der Waals surface area contributed by atoms with Gasteiger partial charge in [-0.05, 0) is 61.9 Å². The lowest BCUT2D eigenvalue weighted by Gasteiger charge is -2.23. The minimum Gasteiger partial charge on any atom is -0.507 e. The molecule has 2 N–H and O–H groups in total. The number of halogens is 1. The van der Waals surface area contributed by atoms with E-state index in [1.807, 2.05) is 6.92 Å².